The van der Waals surface area contributed by atoms with E-state index in [1.54, 1.807) is 0 Å². The van der Waals surface area contributed by atoms with Crippen LogP contribution in [0, 0.1) is 5.92 Å². The first kappa shape index (κ1) is 21.4. The van der Waals surface area contributed by atoms with Crippen molar-refractivity contribution in [2.75, 3.05) is 57.3 Å². The summed E-state index contributed by atoms with van der Waals surface area (Å²) in [4.78, 5) is 23.7. The highest BCUT2D eigenvalue weighted by atomic mass is 16.6. The molecule has 166 valence electrons. The maximum atomic E-state index is 11.9. The minimum atomic E-state index is -0.141. The van der Waals surface area contributed by atoms with Crippen molar-refractivity contribution in [2.24, 2.45) is 5.92 Å². The smallest absolute Gasteiger partial charge is 0.409 e. The van der Waals surface area contributed by atoms with Crippen molar-refractivity contribution in [3.63, 3.8) is 0 Å². The van der Waals surface area contributed by atoms with E-state index in [1.165, 1.54) is 56.7 Å². The van der Waals surface area contributed by atoms with Gasteiger partial charge in [0.05, 0.1) is 6.61 Å². The van der Waals surface area contributed by atoms with Crippen molar-refractivity contribution < 1.29 is 9.53 Å². The standard InChI is InChI=1S/C24H38N4O2/c1-3-13-27-18-11-24(21-6-5-12-25-22(21)27)9-16-26(17-10-24)19-20-7-14-28(15-8-20)23(29)30-4-2/h5-6,12,20H,3-4,7-11,13-19H2,1-2H3. The molecule has 0 atom stereocenters. The van der Waals surface area contributed by atoms with Gasteiger partial charge in [0.25, 0.3) is 0 Å². The third kappa shape index (κ3) is 4.43. The molecular weight excluding hydrogens is 376 g/mol. The molecule has 0 bridgehead atoms. The summed E-state index contributed by atoms with van der Waals surface area (Å²) in [6, 6.07) is 4.46. The van der Waals surface area contributed by atoms with Crippen molar-refractivity contribution in [1.29, 1.82) is 0 Å². The van der Waals surface area contributed by atoms with Crippen LogP contribution in [0.4, 0.5) is 10.6 Å². The molecule has 6 heteroatoms. The molecule has 1 amide bonds. The molecule has 0 aliphatic carbocycles. The van der Waals surface area contributed by atoms with Crippen LogP contribution < -0.4 is 4.90 Å². The first-order valence-electron chi connectivity index (χ1n) is 12.0. The van der Waals surface area contributed by atoms with Crippen LogP contribution in [0.2, 0.25) is 0 Å². The number of carbonyl (C=O) groups excluding carboxylic acids is 1. The van der Waals surface area contributed by atoms with Gasteiger partial charge in [-0.1, -0.05) is 13.0 Å². The third-order valence-electron chi connectivity index (χ3n) is 7.48. The molecule has 4 rings (SSSR count). The molecule has 30 heavy (non-hydrogen) atoms. The lowest BCUT2D eigenvalue weighted by molar-refractivity contribution is 0.0779. The van der Waals surface area contributed by atoms with Crippen LogP contribution in [0.1, 0.15) is 57.9 Å². The monoisotopic (exact) mass is 414 g/mol. The predicted molar refractivity (Wildman–Crippen MR) is 120 cm³/mol. The van der Waals surface area contributed by atoms with Gasteiger partial charge in [0, 0.05) is 49.9 Å². The van der Waals surface area contributed by atoms with Crippen molar-refractivity contribution in [3.8, 4) is 0 Å². The van der Waals surface area contributed by atoms with E-state index in [-0.39, 0.29) is 6.09 Å². The summed E-state index contributed by atoms with van der Waals surface area (Å²) >= 11 is 0. The lowest BCUT2D eigenvalue weighted by Gasteiger charge is -2.48. The molecule has 4 heterocycles. The molecule has 3 aliphatic rings. The molecule has 0 aromatic carbocycles. The van der Waals surface area contributed by atoms with E-state index in [0.717, 1.165) is 39.0 Å². The second-order valence-electron chi connectivity index (χ2n) is 9.32. The maximum absolute atomic E-state index is 11.9. The number of pyridine rings is 1. The number of piperidine rings is 2. The number of hydrogen-bond acceptors (Lipinski definition) is 5. The van der Waals surface area contributed by atoms with Gasteiger partial charge in [-0.3, -0.25) is 0 Å². The van der Waals surface area contributed by atoms with E-state index in [1.807, 2.05) is 18.0 Å². The molecule has 0 N–H and O–H groups in total. The van der Waals surface area contributed by atoms with Gasteiger partial charge < -0.3 is 19.4 Å². The van der Waals surface area contributed by atoms with Gasteiger partial charge in [-0.05, 0) is 70.5 Å². The molecular formula is C24H38N4O2. The Bertz CT molecular complexity index is 709. The Morgan fingerprint density at radius 3 is 2.57 bits per heavy atom. The van der Waals surface area contributed by atoms with Crippen LogP contribution in [-0.4, -0.2) is 73.3 Å². The van der Waals surface area contributed by atoms with Gasteiger partial charge in [0.1, 0.15) is 5.82 Å². The number of ether oxygens (including phenoxy) is 1. The van der Waals surface area contributed by atoms with Crippen LogP contribution in [0.15, 0.2) is 18.3 Å². The van der Waals surface area contributed by atoms with E-state index in [2.05, 4.69) is 28.9 Å². The first-order chi connectivity index (χ1) is 14.6. The van der Waals surface area contributed by atoms with Gasteiger partial charge in [0.15, 0.2) is 0 Å². The van der Waals surface area contributed by atoms with Crippen LogP contribution in [0.25, 0.3) is 0 Å². The largest absolute Gasteiger partial charge is 0.450 e. The summed E-state index contributed by atoms with van der Waals surface area (Å²) in [7, 11) is 0. The van der Waals surface area contributed by atoms with Crippen LogP contribution in [0.5, 0.6) is 0 Å². The highest BCUT2D eigenvalue weighted by Gasteiger charge is 2.42. The molecule has 1 aromatic rings. The second kappa shape index (κ2) is 9.54. The van der Waals surface area contributed by atoms with Gasteiger partial charge in [-0.25, -0.2) is 9.78 Å². The Kier molecular flexibility index (Phi) is 6.81. The summed E-state index contributed by atoms with van der Waals surface area (Å²) < 4.78 is 5.15. The van der Waals surface area contributed by atoms with E-state index in [4.69, 9.17) is 9.72 Å². The fourth-order valence-corrected chi connectivity index (χ4v) is 5.70. The third-order valence-corrected chi connectivity index (χ3v) is 7.48. The summed E-state index contributed by atoms with van der Waals surface area (Å²) in [5.74, 6) is 1.94. The molecule has 2 saturated heterocycles. The number of rotatable bonds is 5. The van der Waals surface area contributed by atoms with Crippen molar-refractivity contribution >= 4 is 11.9 Å². The Balaban J connectivity index is 1.31. The van der Waals surface area contributed by atoms with Gasteiger partial charge in [0.2, 0.25) is 0 Å². The van der Waals surface area contributed by atoms with E-state index in [9.17, 15) is 4.79 Å². The van der Waals surface area contributed by atoms with Crippen molar-refractivity contribution in [3.05, 3.63) is 23.9 Å². The minimum Gasteiger partial charge on any atom is -0.450 e. The van der Waals surface area contributed by atoms with E-state index in [0.29, 0.717) is 17.9 Å². The number of hydrogen-bond donors (Lipinski definition) is 0. The molecule has 0 radical (unpaired) electrons. The van der Waals surface area contributed by atoms with Crippen molar-refractivity contribution in [1.82, 2.24) is 14.8 Å². The Hall–Kier alpha value is -1.82. The SMILES string of the molecule is CCCN1CCC2(CCN(CC3CCN(C(=O)OCC)CC3)CC2)c2cccnc21. The zero-order chi connectivity index (χ0) is 21.0. The average molecular weight is 415 g/mol. The van der Waals surface area contributed by atoms with Crippen LogP contribution in [-0.2, 0) is 10.2 Å². The minimum absolute atomic E-state index is 0.141. The molecule has 0 unspecified atom stereocenters. The van der Waals surface area contributed by atoms with Crippen LogP contribution in [0.3, 0.4) is 0 Å². The summed E-state index contributed by atoms with van der Waals surface area (Å²) in [5.41, 5.74) is 1.81. The van der Waals surface area contributed by atoms with Gasteiger partial charge in [-0.2, -0.15) is 0 Å². The highest BCUT2D eigenvalue weighted by Crippen LogP contribution is 2.45. The summed E-state index contributed by atoms with van der Waals surface area (Å²) in [6.45, 7) is 12.1. The molecule has 1 aromatic heterocycles. The maximum Gasteiger partial charge on any atom is 0.409 e. The van der Waals surface area contributed by atoms with Crippen LogP contribution >= 0.6 is 0 Å². The first-order valence-corrected chi connectivity index (χ1v) is 12.0. The fraction of sp³-hybridized carbons (Fsp3) is 0.750. The number of likely N-dealkylation sites (tertiary alicyclic amines) is 2. The van der Waals surface area contributed by atoms with E-state index >= 15 is 0 Å². The number of carbonyl (C=O) groups is 1. The zero-order valence-corrected chi connectivity index (χ0v) is 18.8. The average Bonchev–Trinajstić information content (AvgIpc) is 2.78. The molecule has 0 saturated carbocycles. The lowest BCUT2D eigenvalue weighted by Crippen LogP contribution is -2.49. The lowest BCUT2D eigenvalue weighted by atomic mass is 9.68. The quantitative estimate of drug-likeness (QED) is 0.731. The summed E-state index contributed by atoms with van der Waals surface area (Å²) in [5, 5.41) is 0. The Labute approximate surface area is 181 Å². The van der Waals surface area contributed by atoms with Crippen molar-refractivity contribution in [2.45, 2.75) is 57.8 Å². The Morgan fingerprint density at radius 2 is 1.87 bits per heavy atom. The van der Waals surface area contributed by atoms with Gasteiger partial charge in [-0.15, -0.1) is 0 Å². The Morgan fingerprint density at radius 1 is 1.13 bits per heavy atom. The zero-order valence-electron chi connectivity index (χ0n) is 18.8. The normalized spacial score (nSPS) is 22.2. The topological polar surface area (TPSA) is 48.9 Å². The number of amides is 1. The molecule has 2 fully saturated rings. The molecule has 3 aliphatic heterocycles. The molecule has 6 nitrogen and oxygen atoms in total. The number of aromatic nitrogens is 1. The highest BCUT2D eigenvalue weighted by molar-refractivity contribution is 5.67. The number of nitrogens with zero attached hydrogens (tertiary/aromatic N) is 4. The number of anilines is 1. The summed E-state index contributed by atoms with van der Waals surface area (Å²) in [6.07, 6.45) is 8.93. The number of fused-ring (bicyclic) bond motifs is 2. The van der Waals surface area contributed by atoms with Gasteiger partial charge >= 0.3 is 6.09 Å². The fourth-order valence-electron chi connectivity index (χ4n) is 5.70. The van der Waals surface area contributed by atoms with E-state index < -0.39 is 0 Å². The molecule has 1 spiro atoms. The second-order valence-corrected chi connectivity index (χ2v) is 9.32. The predicted octanol–water partition coefficient (Wildman–Crippen LogP) is 3.90.